The van der Waals surface area contributed by atoms with Crippen LogP contribution in [0.4, 0.5) is 16.2 Å². The Morgan fingerprint density at radius 2 is 1.58 bits per heavy atom. The normalized spacial score (nSPS) is 21.9. The van der Waals surface area contributed by atoms with Crippen molar-refractivity contribution < 1.29 is 58.0 Å². The molecule has 4 unspecified atom stereocenters. The number of pyridine rings is 1. The summed E-state index contributed by atoms with van der Waals surface area (Å²) in [4.78, 5) is 94.4. The number of carboxylic acids is 2. The van der Waals surface area contributed by atoms with Gasteiger partial charge in [0.05, 0.1) is 22.9 Å². The largest absolute Gasteiger partial charge is 0.481 e. The summed E-state index contributed by atoms with van der Waals surface area (Å²) < 4.78 is 11.0. The molecular weight excluding hydrogens is 1010 g/mol. The van der Waals surface area contributed by atoms with Gasteiger partial charge in [-0.15, -0.1) is 6.58 Å². The number of anilines is 2. The van der Waals surface area contributed by atoms with E-state index < -0.39 is 47.0 Å². The van der Waals surface area contributed by atoms with Gasteiger partial charge in [-0.3, -0.25) is 38.7 Å². The van der Waals surface area contributed by atoms with Gasteiger partial charge < -0.3 is 41.4 Å². The molecule has 7 N–H and O–H groups in total. The van der Waals surface area contributed by atoms with Crippen molar-refractivity contribution in [1.82, 2.24) is 15.2 Å². The number of hydrogen-bond acceptors (Lipinski definition) is 13. The SMILES string of the molecule is C=CC1CN2CCC1CC2[C@@H](N)c1ccnc2ccccc12.CC(=O)O.CC(C)[C@H](NC(=O)OC(C)(C)C)C(=O)O.CCC/C=C/C(C)=O.CCC[C@@H]1CC(=O)C[C@@]2(O1)C(=O)Nc1ccccc12.O=C1Nc2ccccc2C1=O. The Hall–Kier alpha value is -7.41. The van der Waals surface area contributed by atoms with E-state index in [1.54, 1.807) is 71.9 Å². The summed E-state index contributed by atoms with van der Waals surface area (Å²) in [5.74, 6) is -1.62. The van der Waals surface area contributed by atoms with Crippen molar-refractivity contribution >= 4 is 69.5 Å². The van der Waals surface area contributed by atoms with Crippen molar-refractivity contribution in [2.75, 3.05) is 23.7 Å². The number of amides is 3. The number of para-hydroxylation sites is 3. The molecule has 0 radical (unpaired) electrons. The fraction of sp³-hybridized carbons (Fsp3) is 0.459. The number of nitrogens with two attached hydrogens (primary N) is 1. The molecule has 4 saturated heterocycles. The van der Waals surface area contributed by atoms with Crippen molar-refractivity contribution in [3.63, 3.8) is 0 Å². The molecule has 6 aliphatic rings. The maximum absolute atomic E-state index is 12.3. The molecule has 4 aromatic rings. The zero-order valence-electron chi connectivity index (χ0n) is 47.1. The standard InChI is InChI=1S/C19H23N3.C15H17NO3.C10H19NO4.C8H5NO2.C7H12O.C2H4O2/c1-2-13-12-22-10-8-14(13)11-18(22)19(20)16-7-9-21-17-6-4-3-5-15(16)17;1-2-5-11-8-10(17)9-15(19-11)12-6-3-4-7-13(12)16-14(15)18;1-6(2)7(8(12)13)11-9(14)15-10(3,4)5;10-7-5-3-1-2-4-6(5)9-8(7)11;1-3-4-5-6-7(2)8;1-2(3)4/h2-7,9,13-14,18-19H,1,8,10-12,20H2;3-4,6-7,11H,2,5,8-9H2,1H3,(H,16,18);6-7H,1-5H3,(H,11,14)(H,12,13);1-4H,(H,9,10,11);5-6H,3-4H2,1-2H3;1H3,(H,3,4)/b;;;;6-5+;/t13?,14?,18?,19-;11-,15+;7-;;;/m010.../s1. The number of aromatic nitrogens is 1. The minimum absolute atomic E-state index is 0.0569. The smallest absolute Gasteiger partial charge is 0.408 e. The number of allylic oxidation sites excluding steroid dienone is 2. The Morgan fingerprint density at radius 3 is 2.16 bits per heavy atom. The number of nitrogens with one attached hydrogen (secondary N) is 3. The van der Waals surface area contributed by atoms with Crippen molar-refractivity contribution in [2.24, 2.45) is 23.5 Å². The van der Waals surface area contributed by atoms with E-state index in [0.717, 1.165) is 61.8 Å². The lowest BCUT2D eigenvalue weighted by Crippen LogP contribution is -2.56. The molecule has 10 rings (SSSR count). The summed E-state index contributed by atoms with van der Waals surface area (Å²) in [6.45, 7) is 21.7. The van der Waals surface area contributed by atoms with E-state index in [2.05, 4.69) is 76.6 Å². The molecule has 8 atom stereocenters. The van der Waals surface area contributed by atoms with Crippen LogP contribution in [0.15, 0.2) is 110 Å². The quantitative estimate of drug-likeness (QED) is 0.0463. The van der Waals surface area contributed by atoms with Crippen LogP contribution in [-0.4, -0.2) is 104 Å². The lowest BCUT2D eigenvalue weighted by molar-refractivity contribution is -0.170. The molecule has 0 aliphatic carbocycles. The molecule has 6 aliphatic heterocycles. The van der Waals surface area contributed by atoms with Crippen LogP contribution in [0.25, 0.3) is 10.9 Å². The van der Waals surface area contributed by atoms with E-state index in [1.165, 1.54) is 30.3 Å². The number of unbranched alkanes of at least 4 members (excludes halogenated alkanes) is 1. The van der Waals surface area contributed by atoms with Gasteiger partial charge in [-0.1, -0.05) is 101 Å². The van der Waals surface area contributed by atoms with Crippen molar-refractivity contribution in [3.8, 4) is 0 Å². The highest BCUT2D eigenvalue weighted by atomic mass is 16.6. The molecule has 0 saturated carbocycles. The molecule has 426 valence electrons. The Balaban J connectivity index is 0.000000217. The van der Waals surface area contributed by atoms with E-state index in [9.17, 15) is 33.6 Å². The number of alkyl carbamates (subject to hydrolysis) is 1. The van der Waals surface area contributed by atoms with Crippen LogP contribution in [0.2, 0.25) is 0 Å². The van der Waals surface area contributed by atoms with Gasteiger partial charge in [0.1, 0.15) is 17.4 Å². The average molecular weight is 1090 g/mol. The highest BCUT2D eigenvalue weighted by Crippen LogP contribution is 2.46. The summed E-state index contributed by atoms with van der Waals surface area (Å²) in [6, 6.07) is 24.3. The summed E-state index contributed by atoms with van der Waals surface area (Å²) >= 11 is 0. The molecule has 18 heteroatoms. The van der Waals surface area contributed by atoms with Gasteiger partial charge in [-0.05, 0) is 120 Å². The number of nitrogens with zero attached hydrogens (tertiary/aromatic N) is 2. The zero-order valence-corrected chi connectivity index (χ0v) is 47.1. The van der Waals surface area contributed by atoms with Crippen molar-refractivity contribution in [2.45, 2.75) is 149 Å². The number of aliphatic carboxylic acids is 2. The lowest BCUT2D eigenvalue weighted by atomic mass is 9.73. The van der Waals surface area contributed by atoms with Crippen LogP contribution in [0.1, 0.15) is 141 Å². The molecule has 4 fully saturated rings. The Labute approximate surface area is 464 Å². The molecule has 7 heterocycles. The van der Waals surface area contributed by atoms with Gasteiger partial charge in [-0.2, -0.15) is 0 Å². The second kappa shape index (κ2) is 30.1. The van der Waals surface area contributed by atoms with Crippen LogP contribution in [0, 0.1) is 17.8 Å². The Kier molecular flexibility index (Phi) is 24.4. The summed E-state index contributed by atoms with van der Waals surface area (Å²) in [5.41, 5.74) is 9.92. The number of rotatable bonds is 11. The Morgan fingerprint density at radius 1 is 0.937 bits per heavy atom. The van der Waals surface area contributed by atoms with E-state index in [4.69, 9.17) is 30.2 Å². The second-order valence-corrected chi connectivity index (χ2v) is 21.3. The number of hydrogen-bond donors (Lipinski definition) is 6. The first kappa shape index (κ1) is 64.1. The molecule has 1 spiro atoms. The van der Waals surface area contributed by atoms with Crippen molar-refractivity contribution in [1.29, 1.82) is 0 Å². The highest BCUT2D eigenvalue weighted by molar-refractivity contribution is 6.51. The van der Waals surface area contributed by atoms with Crippen LogP contribution in [0.5, 0.6) is 0 Å². The average Bonchev–Trinajstić information content (AvgIpc) is 3.88. The van der Waals surface area contributed by atoms with Gasteiger partial charge in [0, 0.05) is 61.2 Å². The molecule has 79 heavy (non-hydrogen) atoms. The number of Topliss-reactive ketones (excluding diaryl/α,β-unsaturated/α-hetero) is 2. The maximum atomic E-state index is 12.3. The fourth-order valence-corrected chi connectivity index (χ4v) is 9.86. The number of carboxylic acid groups (broad SMARTS) is 2. The first-order valence-electron chi connectivity index (χ1n) is 27.0. The van der Waals surface area contributed by atoms with Gasteiger partial charge in [0.25, 0.3) is 23.6 Å². The van der Waals surface area contributed by atoms with E-state index >= 15 is 0 Å². The molecule has 3 aromatic carbocycles. The first-order chi connectivity index (χ1) is 37.4. The summed E-state index contributed by atoms with van der Waals surface area (Å²) in [5, 5.41) is 25.0. The number of ketones is 3. The fourth-order valence-electron chi connectivity index (χ4n) is 9.86. The topological polar surface area (TPSA) is 274 Å². The van der Waals surface area contributed by atoms with E-state index in [1.807, 2.05) is 42.6 Å². The van der Waals surface area contributed by atoms with E-state index in [0.29, 0.717) is 29.6 Å². The Bertz CT molecular complexity index is 2810. The predicted molar refractivity (Wildman–Crippen MR) is 304 cm³/mol. The number of fused-ring (bicyclic) bond motifs is 7. The second-order valence-electron chi connectivity index (χ2n) is 21.3. The van der Waals surface area contributed by atoms with Crippen LogP contribution in [-0.2, 0) is 43.8 Å². The van der Waals surface area contributed by atoms with Crippen LogP contribution < -0.4 is 21.7 Å². The predicted octanol–water partition coefficient (Wildman–Crippen LogP) is 9.98. The zero-order chi connectivity index (χ0) is 58.6. The maximum Gasteiger partial charge on any atom is 0.408 e. The monoisotopic (exact) mass is 1090 g/mol. The van der Waals surface area contributed by atoms with Gasteiger partial charge >= 0.3 is 12.1 Å². The molecular formula is C61H80N6O12. The first-order valence-corrected chi connectivity index (χ1v) is 27.0. The van der Waals surface area contributed by atoms with Gasteiger partial charge in [-0.25, -0.2) is 9.59 Å². The van der Waals surface area contributed by atoms with Gasteiger partial charge in [0.2, 0.25) is 0 Å². The number of carbonyl (C=O) groups excluding carboxylic acids is 6. The third kappa shape index (κ3) is 18.6. The molecule has 2 bridgehead atoms. The minimum atomic E-state index is -1.09. The minimum Gasteiger partial charge on any atom is -0.481 e. The third-order valence-corrected chi connectivity index (χ3v) is 13.5. The number of piperidine rings is 3. The van der Waals surface area contributed by atoms with Gasteiger partial charge in [0.15, 0.2) is 11.4 Å². The third-order valence-electron chi connectivity index (χ3n) is 13.5. The number of ether oxygens (including phenoxy) is 2. The molecule has 1 aromatic heterocycles. The summed E-state index contributed by atoms with van der Waals surface area (Å²) in [7, 11) is 0. The molecule has 18 nitrogen and oxygen atoms in total. The lowest BCUT2D eigenvalue weighted by Gasteiger charge is -2.51. The number of carbonyl (C=O) groups is 8. The summed E-state index contributed by atoms with van der Waals surface area (Å²) in [6.07, 6.45) is 13.6. The molecule has 3 amide bonds. The van der Waals surface area contributed by atoms with E-state index in [-0.39, 0.29) is 42.0 Å². The number of benzene rings is 3. The van der Waals surface area contributed by atoms with Crippen molar-refractivity contribution in [3.05, 3.63) is 127 Å². The van der Waals surface area contributed by atoms with Crippen LogP contribution in [0.3, 0.4) is 0 Å². The highest BCUT2D eigenvalue weighted by Gasteiger charge is 2.53. The van der Waals surface area contributed by atoms with Crippen LogP contribution >= 0.6 is 0 Å².